The normalized spacial score (nSPS) is 18.5. The summed E-state index contributed by atoms with van der Waals surface area (Å²) in [6, 6.07) is 21.1. The highest BCUT2D eigenvalue weighted by molar-refractivity contribution is 6.43. The minimum Gasteiger partial charge on any atom is -0.426 e. The van der Waals surface area contributed by atoms with Gasteiger partial charge in [0.15, 0.2) is 0 Å². The molecule has 1 aliphatic carbocycles. The van der Waals surface area contributed by atoms with E-state index < -0.39 is 31.1 Å². The maximum absolute atomic E-state index is 14.4. The van der Waals surface area contributed by atoms with E-state index in [9.17, 15) is 24.4 Å². The van der Waals surface area contributed by atoms with Gasteiger partial charge in [-0.05, 0) is 58.4 Å². The lowest BCUT2D eigenvalue weighted by atomic mass is 9.73. The molecule has 4 N–H and O–H groups in total. The maximum Gasteiger partial charge on any atom is 0.475 e. The average molecular weight is 596 g/mol. The second kappa shape index (κ2) is 14.2. The van der Waals surface area contributed by atoms with E-state index in [1.165, 1.54) is 11.3 Å². The third kappa shape index (κ3) is 7.40. The Morgan fingerprint density at radius 1 is 0.886 bits per heavy atom. The quantitative estimate of drug-likeness (QED) is 0.260. The molecule has 3 aromatic carbocycles. The van der Waals surface area contributed by atoms with Crippen molar-refractivity contribution in [2.24, 2.45) is 11.8 Å². The predicted molar refractivity (Wildman–Crippen MR) is 173 cm³/mol. The van der Waals surface area contributed by atoms with Crippen molar-refractivity contribution in [3.05, 3.63) is 90.0 Å². The fourth-order valence-electron chi connectivity index (χ4n) is 6.47. The van der Waals surface area contributed by atoms with Crippen LogP contribution in [0.15, 0.2) is 78.9 Å². The number of amides is 3. The molecule has 3 amide bonds. The van der Waals surface area contributed by atoms with E-state index in [0.717, 1.165) is 47.6 Å². The molecule has 8 nitrogen and oxygen atoms in total. The molecule has 1 fully saturated rings. The van der Waals surface area contributed by atoms with Gasteiger partial charge in [-0.1, -0.05) is 107 Å². The Kier molecular flexibility index (Phi) is 10.2. The van der Waals surface area contributed by atoms with E-state index in [-0.39, 0.29) is 24.3 Å². The van der Waals surface area contributed by atoms with Crippen LogP contribution in [0.2, 0.25) is 0 Å². The number of hydrogen-bond acceptors (Lipinski definition) is 5. The molecule has 3 atom stereocenters. The number of fused-ring (bicyclic) bond motifs is 1. The summed E-state index contributed by atoms with van der Waals surface area (Å²) in [6.07, 6.45) is 7.62. The Morgan fingerprint density at radius 2 is 1.57 bits per heavy atom. The molecule has 3 aromatic rings. The maximum atomic E-state index is 14.4. The summed E-state index contributed by atoms with van der Waals surface area (Å²) >= 11 is 0. The molecule has 44 heavy (non-hydrogen) atoms. The molecule has 0 bridgehead atoms. The average Bonchev–Trinajstić information content (AvgIpc) is 3.49. The topological polar surface area (TPSA) is 119 Å². The molecule has 5 rings (SSSR count). The molecule has 2 aliphatic rings. The number of nitrogens with zero attached hydrogens (tertiary/aromatic N) is 1. The largest absolute Gasteiger partial charge is 0.475 e. The Hall–Kier alpha value is -3.95. The van der Waals surface area contributed by atoms with Crippen molar-refractivity contribution in [3.63, 3.8) is 0 Å². The molecule has 230 valence electrons. The number of nitrogens with one attached hydrogen (secondary N) is 2. The molecule has 1 heterocycles. The zero-order valence-corrected chi connectivity index (χ0v) is 25.5. The second-order valence-corrected chi connectivity index (χ2v) is 12.5. The molecule has 0 aromatic heterocycles. The van der Waals surface area contributed by atoms with Crippen LogP contribution < -0.4 is 10.6 Å². The monoisotopic (exact) mass is 595 g/mol. The standard InChI is InChI=1S/C35H42BN3O5/c1-23(2)32(36(43)44)38-34(41)31-21-29(25-13-7-4-8-14-25)22-39(31)35(42)30(19-24-11-5-3-6-12-24)37-33(40)28-18-17-26-15-9-10-16-27(26)20-28/h4,7-10,13-18,20-21,23-24,30-32,43-44H,3,5-6,11-12,19,22H2,1-2H3,(H,37,40)(H,38,41)/t30-,31?,32+/m1/s1. The summed E-state index contributed by atoms with van der Waals surface area (Å²) in [4.78, 5) is 43.3. The van der Waals surface area contributed by atoms with E-state index in [4.69, 9.17) is 0 Å². The smallest absolute Gasteiger partial charge is 0.426 e. The van der Waals surface area contributed by atoms with Gasteiger partial charge in [-0.15, -0.1) is 0 Å². The fraction of sp³-hybridized carbons (Fsp3) is 0.400. The van der Waals surface area contributed by atoms with Crippen LogP contribution >= 0.6 is 0 Å². The summed E-state index contributed by atoms with van der Waals surface area (Å²) in [5.41, 5.74) is 2.19. The van der Waals surface area contributed by atoms with Gasteiger partial charge in [0.2, 0.25) is 11.8 Å². The molecule has 9 heteroatoms. The number of benzene rings is 3. The summed E-state index contributed by atoms with van der Waals surface area (Å²) in [6.45, 7) is 3.77. The highest BCUT2D eigenvalue weighted by atomic mass is 16.4. The van der Waals surface area contributed by atoms with Gasteiger partial charge in [0.25, 0.3) is 5.91 Å². The van der Waals surface area contributed by atoms with Crippen molar-refractivity contribution in [3.8, 4) is 0 Å². The van der Waals surface area contributed by atoms with Crippen LogP contribution in [-0.4, -0.2) is 64.4 Å². The Morgan fingerprint density at radius 3 is 2.25 bits per heavy atom. The third-order valence-corrected chi connectivity index (χ3v) is 8.99. The van der Waals surface area contributed by atoms with Crippen molar-refractivity contribution in [1.29, 1.82) is 0 Å². The summed E-state index contributed by atoms with van der Waals surface area (Å²) < 4.78 is 0. The SMILES string of the molecule is CC(C)[C@H](NC(=O)C1C=C(c2ccccc2)CN1C(=O)[C@@H](CC1CCCCC1)NC(=O)c1ccc2ccccc2c1)B(O)O. The van der Waals surface area contributed by atoms with Crippen molar-refractivity contribution in [1.82, 2.24) is 15.5 Å². The van der Waals surface area contributed by atoms with Gasteiger partial charge >= 0.3 is 7.12 Å². The van der Waals surface area contributed by atoms with E-state index in [0.29, 0.717) is 17.9 Å². The lowest BCUT2D eigenvalue weighted by Gasteiger charge is -2.32. The van der Waals surface area contributed by atoms with Gasteiger partial charge in [-0.2, -0.15) is 0 Å². The van der Waals surface area contributed by atoms with Crippen molar-refractivity contribution in [2.45, 2.75) is 70.4 Å². The van der Waals surface area contributed by atoms with Gasteiger partial charge < -0.3 is 25.6 Å². The van der Waals surface area contributed by atoms with E-state index >= 15 is 0 Å². The zero-order valence-electron chi connectivity index (χ0n) is 25.5. The van der Waals surface area contributed by atoms with E-state index in [2.05, 4.69) is 10.6 Å². The molecule has 1 aliphatic heterocycles. The van der Waals surface area contributed by atoms with Gasteiger partial charge in [-0.3, -0.25) is 14.4 Å². The van der Waals surface area contributed by atoms with Gasteiger partial charge in [0.1, 0.15) is 12.1 Å². The van der Waals surface area contributed by atoms with Crippen LogP contribution in [-0.2, 0) is 9.59 Å². The molecule has 0 spiro atoms. The van der Waals surface area contributed by atoms with Crippen LogP contribution in [0.5, 0.6) is 0 Å². The molecule has 0 radical (unpaired) electrons. The number of carbonyl (C=O) groups excluding carboxylic acids is 3. The molecule has 1 saturated carbocycles. The first-order chi connectivity index (χ1) is 21.2. The minimum atomic E-state index is -1.75. The first kappa shape index (κ1) is 31.5. The van der Waals surface area contributed by atoms with Gasteiger partial charge in [0.05, 0.1) is 5.94 Å². The van der Waals surface area contributed by atoms with Gasteiger partial charge in [-0.25, -0.2) is 0 Å². The summed E-state index contributed by atoms with van der Waals surface area (Å²) in [5, 5.41) is 27.6. The molecular formula is C35H42BN3O5. The lowest BCUT2D eigenvalue weighted by molar-refractivity contribution is -0.139. The summed E-state index contributed by atoms with van der Waals surface area (Å²) in [7, 11) is -1.75. The minimum absolute atomic E-state index is 0.196. The molecule has 0 saturated heterocycles. The first-order valence-electron chi connectivity index (χ1n) is 15.7. The third-order valence-electron chi connectivity index (χ3n) is 8.99. The summed E-state index contributed by atoms with van der Waals surface area (Å²) in [5.74, 6) is -2.00. The second-order valence-electron chi connectivity index (χ2n) is 12.5. The van der Waals surface area contributed by atoms with E-state index in [1.807, 2.05) is 66.7 Å². The molecule has 1 unspecified atom stereocenters. The number of hydrogen-bond donors (Lipinski definition) is 4. The lowest BCUT2D eigenvalue weighted by Crippen LogP contribution is -2.57. The van der Waals surface area contributed by atoms with Crippen LogP contribution in [0, 0.1) is 11.8 Å². The highest BCUT2D eigenvalue weighted by Crippen LogP contribution is 2.31. The van der Waals surface area contributed by atoms with Crippen LogP contribution in [0.1, 0.15) is 68.3 Å². The van der Waals surface area contributed by atoms with Gasteiger partial charge in [0, 0.05) is 12.1 Å². The van der Waals surface area contributed by atoms with Crippen LogP contribution in [0.25, 0.3) is 16.3 Å². The molecular weight excluding hydrogens is 553 g/mol. The van der Waals surface area contributed by atoms with Crippen molar-refractivity contribution < 1.29 is 24.4 Å². The number of carbonyl (C=O) groups is 3. The first-order valence-corrected chi connectivity index (χ1v) is 15.7. The Balaban J connectivity index is 1.43. The Labute approximate surface area is 259 Å². The van der Waals surface area contributed by atoms with Crippen molar-refractivity contribution >= 4 is 41.2 Å². The van der Waals surface area contributed by atoms with Crippen LogP contribution in [0.4, 0.5) is 0 Å². The zero-order chi connectivity index (χ0) is 31.2. The Bertz CT molecular complexity index is 1490. The van der Waals surface area contributed by atoms with E-state index in [1.54, 1.807) is 26.0 Å². The van der Waals surface area contributed by atoms with Crippen molar-refractivity contribution in [2.75, 3.05) is 6.54 Å². The fourth-order valence-corrected chi connectivity index (χ4v) is 6.47. The highest BCUT2D eigenvalue weighted by Gasteiger charge is 2.40. The van der Waals surface area contributed by atoms with Crippen LogP contribution in [0.3, 0.4) is 0 Å². The predicted octanol–water partition coefficient (Wildman–Crippen LogP) is 4.36. The number of rotatable bonds is 10.